The average molecular weight is 1240 g/mol. The maximum absolute atomic E-state index is 13.0. The number of alkyl carbamates (subject to hydrolysis) is 1. The highest BCUT2D eigenvalue weighted by Crippen LogP contribution is 2.44. The Balaban J connectivity index is 1.10. The average Bonchev–Trinajstić information content (AvgIpc) is 1.90. The van der Waals surface area contributed by atoms with Crippen molar-refractivity contribution in [3.8, 4) is 11.1 Å². The summed E-state index contributed by atoms with van der Waals surface area (Å²) in [7, 11) is 1.26. The van der Waals surface area contributed by atoms with Gasteiger partial charge in [-0.1, -0.05) is 138 Å². The summed E-state index contributed by atoms with van der Waals surface area (Å²) in [5.74, 6) is -2.56. The normalized spacial score (nSPS) is 12.7. The molecule has 5 N–H and O–H groups in total. The number of esters is 3. The molecular weight excluding hydrogens is 1130 g/mol. The molecule has 0 bridgehead atoms. The molecule has 0 aromatic heterocycles. The van der Waals surface area contributed by atoms with Crippen LogP contribution in [0, 0.1) is 0 Å². The Morgan fingerprint density at radius 2 is 0.875 bits per heavy atom. The van der Waals surface area contributed by atoms with Crippen molar-refractivity contribution in [2.24, 2.45) is 0 Å². The number of rotatable bonds is 49. The van der Waals surface area contributed by atoms with Crippen molar-refractivity contribution in [2.45, 2.75) is 218 Å². The number of unbranched alkanes of at least 4 members (excludes halogenated alkanes) is 16. The minimum absolute atomic E-state index is 0.00307. The van der Waals surface area contributed by atoms with E-state index in [0.29, 0.717) is 38.6 Å². The second-order valence-corrected chi connectivity index (χ2v) is 24.4. The molecular formula is C67H107N5O16. The zero-order chi connectivity index (χ0) is 64.3. The van der Waals surface area contributed by atoms with Gasteiger partial charge in [-0.2, -0.15) is 0 Å². The number of nitrogens with one attached hydrogen (secondary N) is 5. The fourth-order valence-corrected chi connectivity index (χ4v) is 9.95. The Morgan fingerprint density at radius 1 is 0.432 bits per heavy atom. The third-order valence-electron chi connectivity index (χ3n) is 14.4. The third-order valence-corrected chi connectivity index (χ3v) is 14.4. The van der Waals surface area contributed by atoms with Crippen LogP contribution < -0.4 is 26.6 Å². The van der Waals surface area contributed by atoms with Gasteiger partial charge in [0.1, 0.15) is 43.1 Å². The molecule has 21 heteroatoms. The van der Waals surface area contributed by atoms with Gasteiger partial charge in [-0.25, -0.2) is 14.4 Å². The summed E-state index contributed by atoms with van der Waals surface area (Å²) < 4.78 is 43.2. The summed E-state index contributed by atoms with van der Waals surface area (Å²) in [6.07, 6.45) is 19.9. The Labute approximate surface area is 524 Å². The van der Waals surface area contributed by atoms with E-state index in [1.807, 2.05) is 57.2 Å². The number of benzene rings is 2. The predicted octanol–water partition coefficient (Wildman–Crippen LogP) is 9.62. The standard InChI is InChI=1S/C67H107N5O16/c1-66(2,3)87-62(77)36-23-21-19-17-15-13-11-9-8-10-12-14-16-18-20-22-35-59(74)71-57(64(79)88-67(4,5)6)37-38-58(73)69-40-42-82-44-47-85-50-61(76)70-41-43-83-45-46-84-49-60(75)68-39-29-28-34-56(63(78)81-7)72-65(80)86-48-55-53-32-26-24-30-51(53)52-31-25-27-33-54(52)55/h24-27,30-33,55-57H,8-23,28-29,34-50H2,1-7H3,(H,68,75)(H,69,73)(H,70,76)(H,71,74)(H,72,80)/t56-,57-/m0/s1. The van der Waals surface area contributed by atoms with Gasteiger partial charge in [0, 0.05) is 44.8 Å². The number of methoxy groups -OCH3 is 1. The van der Waals surface area contributed by atoms with Crippen molar-refractivity contribution in [1.29, 1.82) is 0 Å². The second-order valence-electron chi connectivity index (χ2n) is 24.4. The highest BCUT2D eigenvalue weighted by Gasteiger charge is 2.31. The molecule has 0 spiro atoms. The number of carbonyl (C=O) groups is 8. The molecule has 496 valence electrons. The maximum atomic E-state index is 13.0. The van der Waals surface area contributed by atoms with E-state index >= 15 is 0 Å². The van der Waals surface area contributed by atoms with Crippen molar-refractivity contribution in [3.63, 3.8) is 0 Å². The van der Waals surface area contributed by atoms with Crippen LogP contribution in [0.15, 0.2) is 48.5 Å². The molecule has 2 aromatic carbocycles. The summed E-state index contributed by atoms with van der Waals surface area (Å²) in [6, 6.07) is 14.2. The van der Waals surface area contributed by atoms with Gasteiger partial charge in [-0.3, -0.25) is 24.0 Å². The van der Waals surface area contributed by atoms with Crippen LogP contribution in [0.3, 0.4) is 0 Å². The van der Waals surface area contributed by atoms with Crippen LogP contribution in [0.2, 0.25) is 0 Å². The molecule has 0 heterocycles. The Morgan fingerprint density at radius 3 is 1.38 bits per heavy atom. The van der Waals surface area contributed by atoms with Crippen LogP contribution in [0.5, 0.6) is 0 Å². The van der Waals surface area contributed by atoms with Crippen LogP contribution in [0.25, 0.3) is 11.1 Å². The summed E-state index contributed by atoms with van der Waals surface area (Å²) in [5, 5.41) is 13.6. The van der Waals surface area contributed by atoms with Gasteiger partial charge >= 0.3 is 24.0 Å². The van der Waals surface area contributed by atoms with Gasteiger partial charge in [0.15, 0.2) is 0 Å². The van der Waals surface area contributed by atoms with Crippen LogP contribution in [0.1, 0.15) is 206 Å². The molecule has 3 rings (SSSR count). The summed E-state index contributed by atoms with van der Waals surface area (Å²) in [6.45, 7) is 12.7. The van der Waals surface area contributed by atoms with Crippen molar-refractivity contribution in [2.75, 3.05) is 86.2 Å². The number of fused-ring (bicyclic) bond motifs is 3. The molecule has 0 radical (unpaired) electrons. The van der Waals surface area contributed by atoms with Crippen molar-refractivity contribution >= 4 is 47.6 Å². The highest BCUT2D eigenvalue weighted by atomic mass is 16.6. The van der Waals surface area contributed by atoms with Crippen molar-refractivity contribution in [3.05, 3.63) is 59.7 Å². The van der Waals surface area contributed by atoms with Crippen LogP contribution in [0.4, 0.5) is 4.79 Å². The second kappa shape index (κ2) is 45.1. The van der Waals surface area contributed by atoms with Gasteiger partial charge in [-0.15, -0.1) is 0 Å². The fraction of sp³-hybridized carbons (Fsp3) is 0.701. The number of hydrogen-bond donors (Lipinski definition) is 5. The Hall–Kier alpha value is -6.16. The fourth-order valence-electron chi connectivity index (χ4n) is 9.95. The quantitative estimate of drug-likeness (QED) is 0.0234. The number of carbonyl (C=O) groups excluding carboxylic acids is 8. The minimum Gasteiger partial charge on any atom is -0.467 e. The molecule has 88 heavy (non-hydrogen) atoms. The molecule has 0 aliphatic heterocycles. The van der Waals surface area contributed by atoms with E-state index in [2.05, 4.69) is 38.7 Å². The van der Waals surface area contributed by atoms with E-state index in [9.17, 15) is 38.4 Å². The first-order valence-electron chi connectivity index (χ1n) is 32.3. The van der Waals surface area contributed by atoms with Gasteiger partial charge in [-0.05, 0) is 102 Å². The van der Waals surface area contributed by atoms with Gasteiger partial charge in [0.05, 0.1) is 46.8 Å². The first kappa shape index (κ1) is 76.1. The van der Waals surface area contributed by atoms with E-state index in [1.165, 1.54) is 71.3 Å². The van der Waals surface area contributed by atoms with E-state index in [4.69, 9.17) is 37.9 Å². The van der Waals surface area contributed by atoms with Crippen LogP contribution >= 0.6 is 0 Å². The van der Waals surface area contributed by atoms with E-state index in [0.717, 1.165) is 60.8 Å². The lowest BCUT2D eigenvalue weighted by atomic mass is 9.98. The van der Waals surface area contributed by atoms with Crippen molar-refractivity contribution in [1.82, 2.24) is 26.6 Å². The smallest absolute Gasteiger partial charge is 0.407 e. The lowest BCUT2D eigenvalue weighted by Crippen LogP contribution is -2.44. The largest absolute Gasteiger partial charge is 0.467 e. The molecule has 0 unspecified atom stereocenters. The lowest BCUT2D eigenvalue weighted by Gasteiger charge is -2.24. The van der Waals surface area contributed by atoms with Crippen molar-refractivity contribution < 1.29 is 76.3 Å². The number of amides is 5. The van der Waals surface area contributed by atoms with E-state index in [1.54, 1.807) is 20.8 Å². The molecule has 0 saturated carbocycles. The zero-order valence-corrected chi connectivity index (χ0v) is 54.1. The number of hydrogen-bond acceptors (Lipinski definition) is 16. The zero-order valence-electron chi connectivity index (χ0n) is 54.1. The predicted molar refractivity (Wildman–Crippen MR) is 336 cm³/mol. The minimum atomic E-state index is -0.947. The molecule has 2 aromatic rings. The molecule has 21 nitrogen and oxygen atoms in total. The first-order valence-corrected chi connectivity index (χ1v) is 32.3. The molecule has 5 amide bonds. The molecule has 1 aliphatic rings. The van der Waals surface area contributed by atoms with E-state index in [-0.39, 0.29) is 121 Å². The summed E-state index contributed by atoms with van der Waals surface area (Å²) in [4.78, 5) is 100. The first-order chi connectivity index (χ1) is 42.3. The molecule has 2 atom stereocenters. The summed E-state index contributed by atoms with van der Waals surface area (Å²) in [5.41, 5.74) is 3.22. The maximum Gasteiger partial charge on any atom is 0.407 e. The van der Waals surface area contributed by atoms with Gasteiger partial charge in [0.2, 0.25) is 23.6 Å². The molecule has 0 saturated heterocycles. The van der Waals surface area contributed by atoms with Gasteiger partial charge < -0.3 is 64.5 Å². The topological polar surface area (TPSA) is 271 Å². The number of ether oxygens (including phenoxy) is 8. The monoisotopic (exact) mass is 1240 g/mol. The van der Waals surface area contributed by atoms with Crippen LogP contribution in [-0.2, 0) is 71.5 Å². The summed E-state index contributed by atoms with van der Waals surface area (Å²) >= 11 is 0. The highest BCUT2D eigenvalue weighted by molar-refractivity contribution is 5.86. The van der Waals surface area contributed by atoms with E-state index < -0.39 is 41.3 Å². The Kier molecular flexibility index (Phi) is 39.0. The van der Waals surface area contributed by atoms with Gasteiger partial charge in [0.25, 0.3) is 0 Å². The Bertz CT molecular complexity index is 2310. The SMILES string of the molecule is COC(=O)[C@H](CCCCNC(=O)COCCOCCNC(=O)COCCOCCNC(=O)CC[C@H](NC(=O)CCCCCCCCCCCCCCCCCCC(=O)OC(C)(C)C)C(=O)OC(C)(C)C)NC(=O)OCC1c2ccccc2-c2ccccc21. The lowest BCUT2D eigenvalue weighted by molar-refractivity contribution is -0.159. The third kappa shape index (κ3) is 36.4. The molecule has 0 fully saturated rings. The van der Waals surface area contributed by atoms with Crippen LogP contribution in [-0.4, -0.2) is 157 Å². The molecule has 1 aliphatic carbocycles.